The van der Waals surface area contributed by atoms with Crippen LogP contribution in [0.2, 0.25) is 5.02 Å². The minimum atomic E-state index is -0.483. The van der Waals surface area contributed by atoms with Gasteiger partial charge in [0.15, 0.2) is 6.61 Å². The van der Waals surface area contributed by atoms with E-state index in [4.69, 9.17) is 16.3 Å². The Balaban J connectivity index is 1.82. The van der Waals surface area contributed by atoms with Crippen LogP contribution in [0.3, 0.4) is 0 Å². The number of thiophene rings is 1. The molecular formula is C14H12ClN3O4S. The summed E-state index contributed by atoms with van der Waals surface area (Å²) in [5.74, 6) is 0.115. The molecule has 0 aliphatic carbocycles. The van der Waals surface area contributed by atoms with E-state index in [0.29, 0.717) is 15.6 Å². The molecule has 9 heteroatoms. The largest absolute Gasteiger partial charge is 0.483 e. The number of hydrogen-bond acceptors (Lipinski definition) is 6. The van der Waals surface area contributed by atoms with Gasteiger partial charge in [-0.1, -0.05) is 22.9 Å². The summed E-state index contributed by atoms with van der Waals surface area (Å²) in [7, 11) is 0. The normalized spacial score (nSPS) is 10.7. The van der Waals surface area contributed by atoms with Gasteiger partial charge in [-0.05, 0) is 36.8 Å². The molecule has 7 nitrogen and oxygen atoms in total. The van der Waals surface area contributed by atoms with Crippen LogP contribution in [0.25, 0.3) is 0 Å². The Kier molecular flexibility index (Phi) is 5.67. The second-order valence-electron chi connectivity index (χ2n) is 4.42. The fourth-order valence-electron chi connectivity index (χ4n) is 1.63. The van der Waals surface area contributed by atoms with Crippen molar-refractivity contribution in [2.24, 2.45) is 5.10 Å². The lowest BCUT2D eigenvalue weighted by atomic mass is 10.2. The number of halogens is 1. The first-order valence-corrected chi connectivity index (χ1v) is 7.60. The third-order valence-corrected chi connectivity index (χ3v) is 3.88. The molecule has 0 atom stereocenters. The van der Waals surface area contributed by atoms with Gasteiger partial charge in [-0.3, -0.25) is 14.9 Å². The highest BCUT2D eigenvalue weighted by atomic mass is 35.5. The summed E-state index contributed by atoms with van der Waals surface area (Å²) in [6.45, 7) is 1.62. The molecule has 0 saturated carbocycles. The molecule has 0 aliphatic rings. The summed E-state index contributed by atoms with van der Waals surface area (Å²) in [6, 6.07) is 8.01. The molecule has 120 valence electrons. The molecular weight excluding hydrogens is 342 g/mol. The maximum atomic E-state index is 11.6. The van der Waals surface area contributed by atoms with Gasteiger partial charge < -0.3 is 4.74 Å². The molecule has 1 aromatic heterocycles. The van der Waals surface area contributed by atoms with E-state index in [1.54, 1.807) is 24.3 Å². The van der Waals surface area contributed by atoms with Gasteiger partial charge in [0.25, 0.3) is 5.91 Å². The molecule has 1 aromatic carbocycles. The van der Waals surface area contributed by atoms with E-state index in [0.717, 1.165) is 16.9 Å². The van der Waals surface area contributed by atoms with Crippen LogP contribution in [0, 0.1) is 17.0 Å². The third-order valence-electron chi connectivity index (χ3n) is 2.67. The first-order valence-electron chi connectivity index (χ1n) is 6.41. The predicted octanol–water partition coefficient (Wildman–Crippen LogP) is 3.15. The van der Waals surface area contributed by atoms with Gasteiger partial charge in [-0.25, -0.2) is 5.43 Å². The van der Waals surface area contributed by atoms with Crippen LogP contribution in [0.1, 0.15) is 10.4 Å². The molecule has 1 N–H and O–H groups in total. The van der Waals surface area contributed by atoms with Crippen LogP contribution in [-0.4, -0.2) is 23.7 Å². The lowest BCUT2D eigenvalue weighted by molar-refractivity contribution is -0.380. The number of hydrogen-bond donors (Lipinski definition) is 1. The number of benzene rings is 1. The van der Waals surface area contributed by atoms with E-state index in [1.807, 2.05) is 6.92 Å². The average Bonchev–Trinajstić information content (AvgIpc) is 2.95. The molecule has 0 unspecified atom stereocenters. The number of nitrogens with zero attached hydrogens (tertiary/aromatic N) is 2. The first-order chi connectivity index (χ1) is 11.0. The summed E-state index contributed by atoms with van der Waals surface area (Å²) < 4.78 is 5.36. The second-order valence-corrected chi connectivity index (χ2v) is 5.96. The highest BCUT2D eigenvalue weighted by molar-refractivity contribution is 7.16. The van der Waals surface area contributed by atoms with Crippen molar-refractivity contribution < 1.29 is 14.5 Å². The summed E-state index contributed by atoms with van der Waals surface area (Å²) in [5, 5.41) is 14.9. The van der Waals surface area contributed by atoms with Crippen LogP contribution in [0.5, 0.6) is 5.75 Å². The van der Waals surface area contributed by atoms with Gasteiger partial charge in [0, 0.05) is 11.1 Å². The molecule has 2 rings (SSSR count). The fourth-order valence-corrected chi connectivity index (χ4v) is 2.55. The quantitative estimate of drug-likeness (QED) is 0.490. The topological polar surface area (TPSA) is 93.8 Å². The molecule has 0 bridgehead atoms. The van der Waals surface area contributed by atoms with Crippen LogP contribution in [0.4, 0.5) is 5.00 Å². The van der Waals surface area contributed by atoms with E-state index >= 15 is 0 Å². The number of amides is 1. The maximum absolute atomic E-state index is 11.6. The number of rotatable bonds is 6. The summed E-state index contributed by atoms with van der Waals surface area (Å²) in [6.07, 6.45) is 1.34. The third kappa shape index (κ3) is 5.04. The Morgan fingerprint density at radius 2 is 2.26 bits per heavy atom. The van der Waals surface area contributed by atoms with E-state index in [2.05, 4.69) is 10.5 Å². The van der Waals surface area contributed by atoms with Crippen LogP contribution >= 0.6 is 22.9 Å². The zero-order valence-electron chi connectivity index (χ0n) is 12.0. The van der Waals surface area contributed by atoms with E-state index in [1.165, 1.54) is 12.3 Å². The number of carbonyl (C=O) groups is 1. The zero-order valence-corrected chi connectivity index (χ0v) is 13.6. The molecule has 1 heterocycles. The van der Waals surface area contributed by atoms with Crippen molar-refractivity contribution >= 4 is 40.1 Å². The maximum Gasteiger partial charge on any atom is 0.324 e. The smallest absolute Gasteiger partial charge is 0.324 e. The number of carbonyl (C=O) groups excluding carboxylic acids is 1. The predicted molar refractivity (Wildman–Crippen MR) is 88.4 cm³/mol. The monoisotopic (exact) mass is 353 g/mol. The molecule has 0 radical (unpaired) electrons. The van der Waals surface area contributed by atoms with Crippen LogP contribution in [0.15, 0.2) is 35.4 Å². The number of ether oxygens (including phenoxy) is 1. The Hall–Kier alpha value is -2.45. The average molecular weight is 354 g/mol. The summed E-state index contributed by atoms with van der Waals surface area (Å²) in [5.41, 5.74) is 3.11. The fraction of sp³-hybridized carbons (Fsp3) is 0.143. The highest BCUT2D eigenvalue weighted by Crippen LogP contribution is 2.22. The molecule has 0 aliphatic heterocycles. The molecule has 23 heavy (non-hydrogen) atoms. The van der Waals surface area contributed by atoms with Crippen molar-refractivity contribution in [1.29, 1.82) is 0 Å². The zero-order chi connectivity index (χ0) is 16.8. The Morgan fingerprint density at radius 1 is 1.48 bits per heavy atom. The first kappa shape index (κ1) is 16.9. The van der Waals surface area contributed by atoms with E-state index in [9.17, 15) is 14.9 Å². The Labute approximate surface area is 140 Å². The number of hydrazone groups is 1. The lowest BCUT2D eigenvalue weighted by Gasteiger charge is -2.08. The van der Waals surface area contributed by atoms with Crippen LogP contribution in [-0.2, 0) is 4.79 Å². The summed E-state index contributed by atoms with van der Waals surface area (Å²) >= 11 is 6.80. The van der Waals surface area contributed by atoms with Crippen molar-refractivity contribution in [3.8, 4) is 5.75 Å². The lowest BCUT2D eigenvalue weighted by Crippen LogP contribution is -2.24. The Bertz CT molecular complexity index is 760. The molecule has 1 amide bonds. The minimum Gasteiger partial charge on any atom is -0.483 e. The van der Waals surface area contributed by atoms with E-state index < -0.39 is 10.8 Å². The SMILES string of the molecule is Cc1cc(Cl)ccc1OCC(=O)NN=Cc1ccc([N+](=O)[O-])s1. The van der Waals surface area contributed by atoms with Gasteiger partial charge in [-0.15, -0.1) is 0 Å². The van der Waals surface area contributed by atoms with E-state index in [-0.39, 0.29) is 11.6 Å². The standard InChI is InChI=1S/C14H12ClN3O4S/c1-9-6-10(15)2-4-12(9)22-8-13(19)17-16-7-11-3-5-14(23-11)18(20)21/h2-7H,8H2,1H3,(H,17,19). The number of nitrogens with one attached hydrogen (secondary N) is 1. The summed E-state index contributed by atoms with van der Waals surface area (Å²) in [4.78, 5) is 22.2. The van der Waals surface area contributed by atoms with Gasteiger partial charge in [0.1, 0.15) is 5.75 Å². The van der Waals surface area contributed by atoms with Crippen molar-refractivity contribution in [2.45, 2.75) is 6.92 Å². The van der Waals surface area contributed by atoms with Gasteiger partial charge in [-0.2, -0.15) is 5.10 Å². The molecule has 0 spiro atoms. The molecule has 2 aromatic rings. The Morgan fingerprint density at radius 3 is 2.91 bits per heavy atom. The second kappa shape index (κ2) is 7.70. The molecule has 0 saturated heterocycles. The van der Waals surface area contributed by atoms with Gasteiger partial charge in [0.2, 0.25) is 0 Å². The number of nitro groups is 1. The van der Waals surface area contributed by atoms with Crippen LogP contribution < -0.4 is 10.2 Å². The van der Waals surface area contributed by atoms with Gasteiger partial charge in [0.05, 0.1) is 16.0 Å². The highest BCUT2D eigenvalue weighted by Gasteiger charge is 2.08. The van der Waals surface area contributed by atoms with Crippen molar-refractivity contribution in [3.63, 3.8) is 0 Å². The van der Waals surface area contributed by atoms with Crippen molar-refractivity contribution in [2.75, 3.05) is 6.61 Å². The van der Waals surface area contributed by atoms with Crippen molar-refractivity contribution in [3.05, 3.63) is 55.9 Å². The van der Waals surface area contributed by atoms with Crippen molar-refractivity contribution in [1.82, 2.24) is 5.43 Å². The number of aryl methyl sites for hydroxylation is 1. The van der Waals surface area contributed by atoms with Gasteiger partial charge >= 0.3 is 5.00 Å². The molecule has 0 fully saturated rings. The minimum absolute atomic E-state index is 0.0133.